The molecule has 0 aliphatic heterocycles. The predicted molar refractivity (Wildman–Crippen MR) is 165 cm³/mol. The Hall–Kier alpha value is -4.45. The monoisotopic (exact) mass is 561 g/mol. The highest BCUT2D eigenvalue weighted by Gasteiger charge is 2.23. The number of anilines is 4. The lowest BCUT2D eigenvalue weighted by molar-refractivity contribution is 0.671. The van der Waals surface area contributed by atoms with Crippen LogP contribution in [0, 0.1) is 6.92 Å². The molecular weight excluding hydrogens is 522 g/mol. The van der Waals surface area contributed by atoms with Crippen LogP contribution in [-0.4, -0.2) is 34.5 Å². The second-order valence-electron chi connectivity index (χ2n) is 8.92. The quantitative estimate of drug-likeness (QED) is 0.242. The van der Waals surface area contributed by atoms with Gasteiger partial charge in [-0.15, -0.1) is 26.6 Å². The maximum absolute atomic E-state index is 5.44. The zero-order chi connectivity index (χ0) is 29.2. The number of nitrogens with zero attached hydrogens (tertiary/aromatic N) is 7. The number of fused-ring (bicyclic) bond motifs is 3. The number of aryl methyl sites for hydroxylation is 3. The molecule has 40 heavy (non-hydrogen) atoms. The molecule has 11 nitrogen and oxygen atoms in total. The van der Waals surface area contributed by atoms with E-state index < -0.39 is 0 Å². The van der Waals surface area contributed by atoms with Crippen molar-refractivity contribution in [1.82, 2.24) is 34.5 Å². The fourth-order valence-electron chi connectivity index (χ4n) is 4.29. The second kappa shape index (κ2) is 14.1. The molecule has 212 valence electrons. The molecule has 0 saturated carbocycles. The minimum Gasteiger partial charge on any atom is -0.375 e. The summed E-state index contributed by atoms with van der Waals surface area (Å²) in [7, 11) is 0. The highest BCUT2D eigenvalue weighted by atomic mass is 32.1. The molecule has 0 bridgehead atoms. The molecular formula is C28H39N11S. The second-order valence-corrected chi connectivity index (χ2v) is 9.81. The maximum Gasteiger partial charge on any atom is 0.241 e. The number of hydrogen-bond acceptors (Lipinski definition) is 10. The zero-order valence-electron chi connectivity index (χ0n) is 23.7. The smallest absolute Gasteiger partial charge is 0.241 e. The molecule has 0 fully saturated rings. The van der Waals surface area contributed by atoms with Crippen molar-refractivity contribution in [3.8, 4) is 11.1 Å². The van der Waals surface area contributed by atoms with Crippen molar-refractivity contribution in [3.63, 3.8) is 0 Å². The van der Waals surface area contributed by atoms with E-state index in [9.17, 15) is 0 Å². The van der Waals surface area contributed by atoms with Gasteiger partial charge in [0, 0.05) is 24.4 Å². The van der Waals surface area contributed by atoms with Crippen LogP contribution in [0.1, 0.15) is 56.3 Å². The summed E-state index contributed by atoms with van der Waals surface area (Å²) < 4.78 is 3.38. The molecule has 6 rings (SSSR count). The van der Waals surface area contributed by atoms with Crippen LogP contribution in [0.15, 0.2) is 53.9 Å². The van der Waals surface area contributed by atoms with Gasteiger partial charge in [0.05, 0.1) is 5.69 Å². The van der Waals surface area contributed by atoms with E-state index in [0.717, 1.165) is 24.5 Å². The molecule has 3 aromatic heterocycles. The average Bonchev–Trinajstić information content (AvgIpc) is 3.71. The van der Waals surface area contributed by atoms with E-state index in [1.54, 1.807) is 0 Å². The van der Waals surface area contributed by atoms with Crippen molar-refractivity contribution >= 4 is 34.3 Å². The zero-order valence-corrected chi connectivity index (χ0v) is 24.6. The van der Waals surface area contributed by atoms with Crippen LogP contribution in [0.5, 0.6) is 0 Å². The Kier molecular flexibility index (Phi) is 10.6. The molecule has 5 aromatic rings. The minimum atomic E-state index is 0.231. The lowest BCUT2D eigenvalue weighted by Gasteiger charge is -2.04. The Balaban J connectivity index is 0.000000152. The molecule has 0 amide bonds. The number of thiazole rings is 1. The standard InChI is InChI=1S/C14H12.C5H10N4.C5H8N2S.C4H9N5/c1-10-11-6-2-4-8-13(11)14-9-5-3-7-12(10)14;1-3-9-4(2)7-8-5(9)6;1-2-4-3-8-5(6)7-4;1-2-9-4(6)7-3(5)8-9/h2-10H,1H3;3H2,1-2H3,(H2,6,8);3H,2H2,1H3,(H2,6,7);2H2,1H3,(H4,5,6,7,8). The summed E-state index contributed by atoms with van der Waals surface area (Å²) in [4.78, 5) is 7.71. The van der Waals surface area contributed by atoms with Crippen molar-refractivity contribution in [2.75, 3.05) is 22.9 Å². The van der Waals surface area contributed by atoms with Gasteiger partial charge < -0.3 is 22.9 Å². The summed E-state index contributed by atoms with van der Waals surface area (Å²) >= 11 is 1.50. The predicted octanol–water partition coefficient (Wildman–Crippen LogP) is 4.76. The molecule has 1 aliphatic rings. The summed E-state index contributed by atoms with van der Waals surface area (Å²) in [6, 6.07) is 17.4. The third kappa shape index (κ3) is 7.35. The first-order valence-electron chi connectivity index (χ1n) is 13.2. The van der Waals surface area contributed by atoms with Gasteiger partial charge >= 0.3 is 0 Å². The van der Waals surface area contributed by atoms with Crippen LogP contribution in [0.25, 0.3) is 11.1 Å². The third-order valence-electron chi connectivity index (χ3n) is 6.37. The first-order valence-corrected chi connectivity index (χ1v) is 14.1. The van der Waals surface area contributed by atoms with E-state index in [1.807, 2.05) is 30.7 Å². The van der Waals surface area contributed by atoms with Crippen LogP contribution < -0.4 is 22.9 Å². The van der Waals surface area contributed by atoms with Crippen LogP contribution in [-0.2, 0) is 19.5 Å². The largest absolute Gasteiger partial charge is 0.375 e. The van der Waals surface area contributed by atoms with E-state index in [2.05, 4.69) is 87.6 Å². The normalized spacial score (nSPS) is 11.2. The summed E-state index contributed by atoms with van der Waals surface area (Å²) in [6.07, 6.45) is 0.980. The van der Waals surface area contributed by atoms with Crippen molar-refractivity contribution in [2.45, 2.75) is 60.0 Å². The number of nitrogens with two attached hydrogens (primary N) is 4. The Morgan fingerprint density at radius 2 is 1.40 bits per heavy atom. The Morgan fingerprint density at radius 1 is 0.800 bits per heavy atom. The number of aromatic nitrogens is 7. The van der Waals surface area contributed by atoms with Crippen molar-refractivity contribution in [3.05, 3.63) is 76.6 Å². The fraction of sp³-hybridized carbons (Fsp3) is 0.321. The minimum absolute atomic E-state index is 0.231. The highest BCUT2D eigenvalue weighted by molar-refractivity contribution is 7.13. The molecule has 3 heterocycles. The van der Waals surface area contributed by atoms with Crippen LogP contribution >= 0.6 is 11.3 Å². The third-order valence-corrected chi connectivity index (χ3v) is 7.10. The SMILES string of the molecule is CC1c2ccccc2-c2ccccc21.CCc1csc(N)n1.CCn1c(C)nnc1N.CCn1nc(N)nc1N. The Bertz CT molecular complexity index is 1440. The summed E-state index contributed by atoms with van der Waals surface area (Å²) in [5.41, 5.74) is 28.2. The Morgan fingerprint density at radius 3 is 1.73 bits per heavy atom. The molecule has 0 spiro atoms. The van der Waals surface area contributed by atoms with Crippen molar-refractivity contribution in [2.24, 2.45) is 0 Å². The summed E-state index contributed by atoms with van der Waals surface area (Å²) in [5.74, 6) is 2.52. The van der Waals surface area contributed by atoms with Gasteiger partial charge in [-0.2, -0.15) is 4.98 Å². The Labute approximate surface area is 239 Å². The van der Waals surface area contributed by atoms with Gasteiger partial charge in [-0.05, 0) is 49.4 Å². The van der Waals surface area contributed by atoms with Crippen molar-refractivity contribution < 1.29 is 0 Å². The van der Waals surface area contributed by atoms with E-state index >= 15 is 0 Å². The van der Waals surface area contributed by atoms with Gasteiger partial charge in [-0.3, -0.25) is 4.57 Å². The van der Waals surface area contributed by atoms with Gasteiger partial charge in [0.25, 0.3) is 0 Å². The topological polar surface area (TPSA) is 178 Å². The molecule has 1 aliphatic carbocycles. The molecule has 0 saturated heterocycles. The molecule has 0 unspecified atom stereocenters. The number of benzene rings is 2. The summed E-state index contributed by atoms with van der Waals surface area (Å²) in [5, 5.41) is 13.9. The summed E-state index contributed by atoms with van der Waals surface area (Å²) in [6.45, 7) is 11.7. The van der Waals surface area contributed by atoms with Crippen LogP contribution in [0.2, 0.25) is 0 Å². The van der Waals surface area contributed by atoms with Gasteiger partial charge in [-0.25, -0.2) is 9.67 Å². The number of hydrogen-bond donors (Lipinski definition) is 4. The van der Waals surface area contributed by atoms with Gasteiger partial charge in [0.15, 0.2) is 5.13 Å². The lowest BCUT2D eigenvalue weighted by Crippen LogP contribution is -2.02. The molecule has 8 N–H and O–H groups in total. The van der Waals surface area contributed by atoms with E-state index in [0.29, 0.717) is 29.5 Å². The number of nitrogen functional groups attached to an aromatic ring is 4. The van der Waals surface area contributed by atoms with E-state index in [1.165, 1.54) is 38.3 Å². The average molecular weight is 562 g/mol. The molecule has 0 radical (unpaired) electrons. The first-order chi connectivity index (χ1) is 19.2. The molecule has 12 heteroatoms. The van der Waals surface area contributed by atoms with E-state index in [4.69, 9.17) is 22.9 Å². The van der Waals surface area contributed by atoms with Crippen LogP contribution in [0.4, 0.5) is 23.0 Å². The first kappa shape index (κ1) is 30.1. The maximum atomic E-state index is 5.44. The van der Waals surface area contributed by atoms with Gasteiger partial charge in [0.1, 0.15) is 5.82 Å². The highest BCUT2D eigenvalue weighted by Crippen LogP contribution is 2.43. The number of rotatable bonds is 3. The van der Waals surface area contributed by atoms with Gasteiger partial charge in [0.2, 0.25) is 17.8 Å². The molecule has 0 atom stereocenters. The van der Waals surface area contributed by atoms with Crippen LogP contribution in [0.3, 0.4) is 0 Å². The van der Waals surface area contributed by atoms with Crippen molar-refractivity contribution in [1.29, 1.82) is 0 Å². The lowest BCUT2D eigenvalue weighted by atomic mass is 10.00. The fourth-order valence-corrected chi connectivity index (χ4v) is 4.93. The van der Waals surface area contributed by atoms with Gasteiger partial charge in [-0.1, -0.05) is 62.4 Å². The molecule has 2 aromatic carbocycles. The van der Waals surface area contributed by atoms with E-state index in [-0.39, 0.29) is 5.95 Å².